The van der Waals surface area contributed by atoms with Crippen LogP contribution >= 0.6 is 0 Å². The molecule has 170 valence electrons. The highest BCUT2D eigenvalue weighted by Gasteiger charge is 2.09. The highest BCUT2D eigenvalue weighted by Crippen LogP contribution is 2.23. The largest absolute Gasteiger partial charge is 0.376 e. The SMILES string of the molecule is CCC(=O)Nc1cccc(NCC(=O)Nc2ccc(NC(=O)c3cccc(C)c3)cc2)c1C. The number of anilines is 4. The lowest BCUT2D eigenvalue weighted by atomic mass is 10.1. The average Bonchev–Trinajstić information content (AvgIpc) is 2.80. The molecule has 3 aromatic carbocycles. The third-order valence-corrected chi connectivity index (χ3v) is 5.08. The predicted octanol–water partition coefficient (Wildman–Crippen LogP) is 4.95. The molecule has 0 bridgehead atoms. The number of carbonyl (C=O) groups is 3. The lowest BCUT2D eigenvalue weighted by Crippen LogP contribution is -2.22. The van der Waals surface area contributed by atoms with E-state index in [-0.39, 0.29) is 24.3 Å². The number of amides is 3. The van der Waals surface area contributed by atoms with Gasteiger partial charge in [-0.05, 0) is 67.9 Å². The molecule has 0 saturated heterocycles. The molecule has 7 heteroatoms. The Morgan fingerprint density at radius 1 is 0.727 bits per heavy atom. The Morgan fingerprint density at radius 3 is 2.03 bits per heavy atom. The second kappa shape index (κ2) is 10.9. The number of aryl methyl sites for hydroxylation is 1. The van der Waals surface area contributed by atoms with Gasteiger partial charge in [-0.15, -0.1) is 0 Å². The number of benzene rings is 3. The van der Waals surface area contributed by atoms with Crippen molar-refractivity contribution in [2.45, 2.75) is 27.2 Å². The van der Waals surface area contributed by atoms with Crippen LogP contribution < -0.4 is 21.3 Å². The molecule has 0 aliphatic carbocycles. The summed E-state index contributed by atoms with van der Waals surface area (Å²) in [5, 5.41) is 11.6. The van der Waals surface area contributed by atoms with Crippen molar-refractivity contribution in [1.82, 2.24) is 0 Å². The van der Waals surface area contributed by atoms with Crippen LogP contribution in [0.2, 0.25) is 0 Å². The monoisotopic (exact) mass is 444 g/mol. The molecule has 0 spiro atoms. The van der Waals surface area contributed by atoms with E-state index in [1.54, 1.807) is 37.3 Å². The Hall–Kier alpha value is -4.13. The maximum atomic E-state index is 12.4. The van der Waals surface area contributed by atoms with Crippen molar-refractivity contribution in [3.8, 4) is 0 Å². The summed E-state index contributed by atoms with van der Waals surface area (Å²) in [6, 6.07) is 19.8. The van der Waals surface area contributed by atoms with Gasteiger partial charge in [-0.3, -0.25) is 14.4 Å². The molecule has 0 radical (unpaired) electrons. The second-order valence-corrected chi connectivity index (χ2v) is 7.68. The van der Waals surface area contributed by atoms with Crippen molar-refractivity contribution in [3.63, 3.8) is 0 Å². The van der Waals surface area contributed by atoms with E-state index >= 15 is 0 Å². The molecule has 0 fully saturated rings. The Labute approximate surface area is 193 Å². The molecule has 0 aromatic heterocycles. The number of rotatable bonds is 8. The maximum absolute atomic E-state index is 12.4. The van der Waals surface area contributed by atoms with E-state index in [9.17, 15) is 14.4 Å². The van der Waals surface area contributed by atoms with Gasteiger partial charge in [0.15, 0.2) is 0 Å². The van der Waals surface area contributed by atoms with E-state index in [2.05, 4.69) is 21.3 Å². The van der Waals surface area contributed by atoms with Gasteiger partial charge in [0.05, 0.1) is 6.54 Å². The highest BCUT2D eigenvalue weighted by molar-refractivity contribution is 6.04. The van der Waals surface area contributed by atoms with Gasteiger partial charge in [-0.1, -0.05) is 30.7 Å². The first-order valence-electron chi connectivity index (χ1n) is 10.8. The van der Waals surface area contributed by atoms with Crippen LogP contribution in [0.1, 0.15) is 34.8 Å². The van der Waals surface area contributed by atoms with E-state index in [1.165, 1.54) is 0 Å². The second-order valence-electron chi connectivity index (χ2n) is 7.68. The van der Waals surface area contributed by atoms with Crippen LogP contribution in [0.3, 0.4) is 0 Å². The molecular formula is C26H28N4O3. The number of carbonyl (C=O) groups excluding carboxylic acids is 3. The summed E-state index contributed by atoms with van der Waals surface area (Å²) in [5.41, 5.74) is 5.22. The van der Waals surface area contributed by atoms with E-state index in [1.807, 2.05) is 50.2 Å². The normalized spacial score (nSPS) is 10.3. The van der Waals surface area contributed by atoms with Crippen molar-refractivity contribution < 1.29 is 14.4 Å². The Balaban J connectivity index is 1.53. The minimum absolute atomic E-state index is 0.0634. The van der Waals surface area contributed by atoms with Gasteiger partial charge in [-0.25, -0.2) is 0 Å². The number of hydrogen-bond acceptors (Lipinski definition) is 4. The summed E-state index contributed by atoms with van der Waals surface area (Å²) >= 11 is 0. The van der Waals surface area contributed by atoms with Crippen LogP contribution in [0.25, 0.3) is 0 Å². The first-order valence-corrected chi connectivity index (χ1v) is 10.8. The van der Waals surface area contributed by atoms with Gasteiger partial charge in [0, 0.05) is 34.7 Å². The van der Waals surface area contributed by atoms with Crippen molar-refractivity contribution >= 4 is 40.5 Å². The molecule has 0 aliphatic heterocycles. The van der Waals surface area contributed by atoms with Gasteiger partial charge in [-0.2, -0.15) is 0 Å². The third kappa shape index (κ3) is 6.67. The predicted molar refractivity (Wildman–Crippen MR) is 133 cm³/mol. The van der Waals surface area contributed by atoms with Crippen molar-refractivity contribution in [2.75, 3.05) is 27.8 Å². The molecule has 33 heavy (non-hydrogen) atoms. The van der Waals surface area contributed by atoms with Crippen LogP contribution in [0.5, 0.6) is 0 Å². The fourth-order valence-electron chi connectivity index (χ4n) is 3.21. The van der Waals surface area contributed by atoms with Crippen LogP contribution in [0.4, 0.5) is 22.7 Å². The van der Waals surface area contributed by atoms with Crippen LogP contribution in [-0.2, 0) is 9.59 Å². The number of nitrogens with one attached hydrogen (secondary N) is 4. The van der Waals surface area contributed by atoms with Gasteiger partial charge in [0.2, 0.25) is 11.8 Å². The number of hydrogen-bond donors (Lipinski definition) is 4. The molecule has 0 saturated carbocycles. The van der Waals surface area contributed by atoms with Gasteiger partial charge in [0.1, 0.15) is 0 Å². The zero-order valence-electron chi connectivity index (χ0n) is 19.0. The zero-order chi connectivity index (χ0) is 23.8. The lowest BCUT2D eigenvalue weighted by molar-refractivity contribution is -0.116. The standard InChI is InChI=1S/C26H28N4O3/c1-4-24(31)30-23-10-6-9-22(18(23)3)27-16-25(32)28-20-11-13-21(14-12-20)29-26(33)19-8-5-7-17(2)15-19/h5-15,27H,4,16H2,1-3H3,(H,28,32)(H,29,33)(H,30,31). The van der Waals surface area contributed by atoms with E-state index in [0.29, 0.717) is 23.4 Å². The van der Waals surface area contributed by atoms with E-state index in [4.69, 9.17) is 0 Å². The molecule has 3 amide bonds. The first kappa shape index (κ1) is 23.5. The van der Waals surface area contributed by atoms with Gasteiger partial charge in [0.25, 0.3) is 5.91 Å². The molecule has 4 N–H and O–H groups in total. The topological polar surface area (TPSA) is 99.3 Å². The minimum Gasteiger partial charge on any atom is -0.376 e. The summed E-state index contributed by atoms with van der Waals surface area (Å²) in [6.45, 7) is 5.68. The smallest absolute Gasteiger partial charge is 0.255 e. The first-order chi connectivity index (χ1) is 15.9. The van der Waals surface area contributed by atoms with Gasteiger partial charge < -0.3 is 21.3 Å². The zero-order valence-corrected chi connectivity index (χ0v) is 19.0. The minimum atomic E-state index is -0.214. The fourth-order valence-corrected chi connectivity index (χ4v) is 3.21. The lowest BCUT2D eigenvalue weighted by Gasteiger charge is -2.14. The van der Waals surface area contributed by atoms with Crippen molar-refractivity contribution in [3.05, 3.63) is 83.4 Å². The third-order valence-electron chi connectivity index (χ3n) is 5.08. The summed E-state index contributed by atoms with van der Waals surface area (Å²) in [5.74, 6) is -0.465. The van der Waals surface area contributed by atoms with E-state index < -0.39 is 0 Å². The quantitative estimate of drug-likeness (QED) is 0.395. The Morgan fingerprint density at radius 2 is 1.36 bits per heavy atom. The van der Waals surface area contributed by atoms with Gasteiger partial charge >= 0.3 is 0 Å². The summed E-state index contributed by atoms with van der Waals surface area (Å²) < 4.78 is 0. The molecule has 0 heterocycles. The van der Waals surface area contributed by atoms with Crippen LogP contribution in [-0.4, -0.2) is 24.3 Å². The molecule has 0 atom stereocenters. The average molecular weight is 445 g/mol. The van der Waals surface area contributed by atoms with Crippen molar-refractivity contribution in [1.29, 1.82) is 0 Å². The van der Waals surface area contributed by atoms with Crippen LogP contribution in [0, 0.1) is 13.8 Å². The van der Waals surface area contributed by atoms with Crippen LogP contribution in [0.15, 0.2) is 66.7 Å². The molecular weight excluding hydrogens is 416 g/mol. The molecule has 3 rings (SSSR count). The Kier molecular flexibility index (Phi) is 7.81. The molecule has 0 unspecified atom stereocenters. The summed E-state index contributed by atoms with van der Waals surface area (Å²) in [4.78, 5) is 36.4. The van der Waals surface area contributed by atoms with E-state index in [0.717, 1.165) is 22.5 Å². The fraction of sp³-hybridized carbons (Fsp3) is 0.192. The Bertz CT molecular complexity index is 1160. The summed E-state index contributed by atoms with van der Waals surface area (Å²) in [6.07, 6.45) is 0.397. The maximum Gasteiger partial charge on any atom is 0.255 e. The highest BCUT2D eigenvalue weighted by atomic mass is 16.2. The molecule has 0 aliphatic rings. The van der Waals surface area contributed by atoms with Crippen molar-refractivity contribution in [2.24, 2.45) is 0 Å². The molecule has 7 nitrogen and oxygen atoms in total. The summed E-state index contributed by atoms with van der Waals surface area (Å²) in [7, 11) is 0. The molecule has 3 aromatic rings.